The van der Waals surface area contributed by atoms with E-state index in [1.54, 1.807) is 6.07 Å². The van der Waals surface area contributed by atoms with Crippen LogP contribution in [0.3, 0.4) is 0 Å². The maximum atomic E-state index is 13.1. The summed E-state index contributed by atoms with van der Waals surface area (Å²) in [7, 11) is 0. The zero-order valence-electron chi connectivity index (χ0n) is 8.20. The molecule has 15 heavy (non-hydrogen) atoms. The molecule has 1 aromatic rings. The number of anilines is 1. The second kappa shape index (κ2) is 3.24. The monoisotopic (exact) mass is 205 g/mol. The Labute approximate surface area is 87.6 Å². The van der Waals surface area contributed by atoms with Crippen LogP contribution in [0.4, 0.5) is 10.1 Å². The molecule has 0 aliphatic carbocycles. The molecule has 0 aromatic heterocycles. The highest BCUT2D eigenvalue weighted by Gasteiger charge is 2.24. The lowest BCUT2D eigenvalue weighted by molar-refractivity contribution is 0.564. The minimum absolute atomic E-state index is 0.176. The molecule has 0 fully saturated rings. The average Bonchev–Trinajstić information content (AvgIpc) is 2.61. The van der Waals surface area contributed by atoms with Crippen LogP contribution < -0.4 is 15.5 Å². The molecule has 0 saturated carbocycles. The van der Waals surface area contributed by atoms with Gasteiger partial charge < -0.3 is 15.5 Å². The average molecular weight is 205 g/mol. The second-order valence-corrected chi connectivity index (χ2v) is 3.81. The zero-order chi connectivity index (χ0) is 10.3. The van der Waals surface area contributed by atoms with Crippen LogP contribution in [0.2, 0.25) is 0 Å². The number of fused-ring (bicyclic) bond motifs is 3. The van der Waals surface area contributed by atoms with Crippen molar-refractivity contribution in [2.24, 2.45) is 0 Å². The van der Waals surface area contributed by atoms with Crippen LogP contribution in [-0.4, -0.2) is 12.7 Å². The van der Waals surface area contributed by atoms with Gasteiger partial charge in [0.25, 0.3) is 0 Å². The van der Waals surface area contributed by atoms with Crippen molar-refractivity contribution in [2.45, 2.75) is 12.7 Å². The first kappa shape index (κ1) is 8.73. The van der Waals surface area contributed by atoms with Gasteiger partial charge >= 0.3 is 0 Å². The van der Waals surface area contributed by atoms with Crippen molar-refractivity contribution in [3.8, 4) is 0 Å². The van der Waals surface area contributed by atoms with E-state index in [4.69, 9.17) is 0 Å². The fraction of sp³-hybridized carbons (Fsp3) is 0.273. The van der Waals surface area contributed by atoms with Crippen molar-refractivity contribution in [2.75, 3.05) is 11.4 Å². The smallest absolute Gasteiger partial charge is 0.123 e. The molecule has 0 spiro atoms. The van der Waals surface area contributed by atoms with Gasteiger partial charge in [-0.3, -0.25) is 0 Å². The number of rotatable bonds is 0. The zero-order valence-corrected chi connectivity index (χ0v) is 8.20. The van der Waals surface area contributed by atoms with Crippen LogP contribution >= 0.6 is 0 Å². The molecular formula is C11H12FN3. The topological polar surface area (TPSA) is 27.3 Å². The quantitative estimate of drug-likeness (QED) is 0.665. The van der Waals surface area contributed by atoms with Crippen molar-refractivity contribution in [1.29, 1.82) is 0 Å². The Balaban J connectivity index is 2.08. The maximum absolute atomic E-state index is 13.1. The SMILES string of the molecule is Fc1ccc2c(c1)CNCC1NC=CN21. The second-order valence-electron chi connectivity index (χ2n) is 3.81. The van der Waals surface area contributed by atoms with E-state index in [9.17, 15) is 4.39 Å². The van der Waals surface area contributed by atoms with Crippen LogP contribution in [0.1, 0.15) is 5.56 Å². The first-order valence-electron chi connectivity index (χ1n) is 5.05. The predicted octanol–water partition coefficient (Wildman–Crippen LogP) is 1.14. The number of hydrogen-bond acceptors (Lipinski definition) is 3. The molecule has 2 aliphatic heterocycles. The third-order valence-electron chi connectivity index (χ3n) is 2.83. The maximum Gasteiger partial charge on any atom is 0.123 e. The summed E-state index contributed by atoms with van der Waals surface area (Å²) in [6, 6.07) is 4.94. The molecule has 78 valence electrons. The van der Waals surface area contributed by atoms with Gasteiger partial charge in [0.05, 0.1) is 0 Å². The van der Waals surface area contributed by atoms with Gasteiger partial charge in [0, 0.05) is 31.2 Å². The van der Waals surface area contributed by atoms with E-state index in [0.29, 0.717) is 0 Å². The highest BCUT2D eigenvalue weighted by Crippen LogP contribution is 2.27. The summed E-state index contributed by atoms with van der Waals surface area (Å²) in [6.07, 6.45) is 4.16. The van der Waals surface area contributed by atoms with E-state index in [2.05, 4.69) is 15.5 Å². The van der Waals surface area contributed by atoms with Crippen molar-refractivity contribution in [3.05, 3.63) is 42.0 Å². The van der Waals surface area contributed by atoms with E-state index in [1.165, 1.54) is 6.07 Å². The third kappa shape index (κ3) is 1.37. The lowest BCUT2D eigenvalue weighted by Crippen LogP contribution is -2.41. The van der Waals surface area contributed by atoms with Crippen LogP contribution in [0, 0.1) is 5.82 Å². The largest absolute Gasteiger partial charge is 0.369 e. The Hall–Kier alpha value is -1.55. The van der Waals surface area contributed by atoms with Crippen LogP contribution in [-0.2, 0) is 6.54 Å². The van der Waals surface area contributed by atoms with Crippen molar-refractivity contribution < 1.29 is 4.39 Å². The molecule has 3 nitrogen and oxygen atoms in total. The van der Waals surface area contributed by atoms with Crippen LogP contribution in [0.5, 0.6) is 0 Å². The van der Waals surface area contributed by atoms with E-state index in [0.717, 1.165) is 24.3 Å². The molecule has 0 amide bonds. The highest BCUT2D eigenvalue weighted by atomic mass is 19.1. The predicted molar refractivity (Wildman–Crippen MR) is 56.6 cm³/mol. The molecule has 0 saturated heterocycles. The van der Waals surface area contributed by atoms with Gasteiger partial charge in [-0.1, -0.05) is 0 Å². The van der Waals surface area contributed by atoms with Gasteiger partial charge in [0.2, 0.25) is 0 Å². The first-order valence-corrected chi connectivity index (χ1v) is 5.05. The molecule has 4 heteroatoms. The Morgan fingerprint density at radius 2 is 2.33 bits per heavy atom. The van der Waals surface area contributed by atoms with Crippen molar-refractivity contribution in [3.63, 3.8) is 0 Å². The Kier molecular flexibility index (Phi) is 1.89. The molecule has 2 aliphatic rings. The minimum Gasteiger partial charge on any atom is -0.369 e. The van der Waals surface area contributed by atoms with Crippen molar-refractivity contribution >= 4 is 5.69 Å². The summed E-state index contributed by atoms with van der Waals surface area (Å²) >= 11 is 0. The Morgan fingerprint density at radius 1 is 1.40 bits per heavy atom. The lowest BCUT2D eigenvalue weighted by atomic mass is 10.1. The van der Waals surface area contributed by atoms with E-state index in [1.807, 2.05) is 18.5 Å². The fourth-order valence-electron chi connectivity index (χ4n) is 2.12. The van der Waals surface area contributed by atoms with E-state index < -0.39 is 0 Å². The molecule has 0 radical (unpaired) electrons. The van der Waals surface area contributed by atoms with E-state index >= 15 is 0 Å². The fourth-order valence-corrected chi connectivity index (χ4v) is 2.12. The standard InChI is InChI=1S/C11H12FN3/c12-9-1-2-10-8(5-9)6-13-7-11-14-3-4-15(10)11/h1-5,11,13-14H,6-7H2. The third-order valence-corrected chi connectivity index (χ3v) is 2.83. The Morgan fingerprint density at radius 3 is 3.27 bits per heavy atom. The lowest BCUT2D eigenvalue weighted by Gasteiger charge is -2.24. The van der Waals surface area contributed by atoms with Gasteiger partial charge in [-0.25, -0.2) is 4.39 Å². The molecule has 1 aromatic carbocycles. The summed E-state index contributed by atoms with van der Waals surface area (Å²) in [4.78, 5) is 2.13. The molecule has 3 rings (SSSR count). The van der Waals surface area contributed by atoms with Gasteiger partial charge in [0.1, 0.15) is 12.0 Å². The molecule has 0 bridgehead atoms. The van der Waals surface area contributed by atoms with Crippen molar-refractivity contribution in [1.82, 2.24) is 10.6 Å². The summed E-state index contributed by atoms with van der Waals surface area (Å²) in [5.74, 6) is -0.176. The summed E-state index contributed by atoms with van der Waals surface area (Å²) in [6.45, 7) is 1.57. The normalized spacial score (nSPS) is 23.0. The minimum atomic E-state index is -0.176. The number of nitrogens with one attached hydrogen (secondary N) is 2. The number of benzene rings is 1. The number of hydrogen-bond donors (Lipinski definition) is 2. The van der Waals surface area contributed by atoms with Gasteiger partial charge in [0.15, 0.2) is 0 Å². The summed E-state index contributed by atoms with van der Waals surface area (Å²) in [5.41, 5.74) is 2.08. The number of nitrogens with zero attached hydrogens (tertiary/aromatic N) is 1. The first-order chi connectivity index (χ1) is 7.34. The summed E-state index contributed by atoms with van der Waals surface area (Å²) in [5, 5.41) is 6.53. The molecular weight excluding hydrogens is 193 g/mol. The summed E-state index contributed by atoms with van der Waals surface area (Å²) < 4.78 is 13.1. The van der Waals surface area contributed by atoms with Crippen LogP contribution in [0.25, 0.3) is 0 Å². The molecule has 2 heterocycles. The highest BCUT2D eigenvalue weighted by molar-refractivity contribution is 5.58. The van der Waals surface area contributed by atoms with Gasteiger partial charge in [-0.05, 0) is 23.8 Å². The molecule has 1 atom stereocenters. The van der Waals surface area contributed by atoms with Gasteiger partial charge in [-0.2, -0.15) is 0 Å². The number of halogens is 1. The molecule has 1 unspecified atom stereocenters. The van der Waals surface area contributed by atoms with Crippen LogP contribution in [0.15, 0.2) is 30.6 Å². The molecule has 2 N–H and O–H groups in total. The Bertz CT molecular complexity index is 416. The van der Waals surface area contributed by atoms with E-state index in [-0.39, 0.29) is 12.0 Å². The van der Waals surface area contributed by atoms with Gasteiger partial charge in [-0.15, -0.1) is 0 Å².